The molecule has 0 aromatic heterocycles. The van der Waals surface area contributed by atoms with Crippen LogP contribution < -0.4 is 5.73 Å². The van der Waals surface area contributed by atoms with Gasteiger partial charge in [-0.2, -0.15) is 0 Å². The predicted octanol–water partition coefficient (Wildman–Crippen LogP) is -1.42. The summed E-state index contributed by atoms with van der Waals surface area (Å²) in [7, 11) is 0. The van der Waals surface area contributed by atoms with Crippen LogP contribution in [0, 0.1) is 0 Å². The first kappa shape index (κ1) is 9.86. The molecule has 0 bridgehead atoms. The van der Waals surface area contributed by atoms with E-state index in [0.29, 0.717) is 0 Å². The topological polar surface area (TPSA) is 121 Å². The monoisotopic (exact) mass is 163 g/mol. The Morgan fingerprint density at radius 2 is 1.82 bits per heavy atom. The summed E-state index contributed by atoms with van der Waals surface area (Å²) in [6.07, 6.45) is -0.975. The number of carboxylic acid groups (broad SMARTS) is 2. The fourth-order valence-electron chi connectivity index (χ4n) is 0.404. The fourth-order valence-corrected chi connectivity index (χ4v) is 0.404. The molecular weight excluding hydrogens is 154 g/mol. The quantitative estimate of drug-likeness (QED) is 0.377. The van der Waals surface area contributed by atoms with E-state index in [0.717, 1.165) is 0 Å². The van der Waals surface area contributed by atoms with Crippen LogP contribution >= 0.6 is 0 Å². The molecule has 0 aromatic carbocycles. The molecule has 0 radical (unpaired) electrons. The summed E-state index contributed by atoms with van der Waals surface area (Å²) in [5.41, 5.74) is 2.37. The average Bonchev–Trinajstić information content (AvgIpc) is 1.84. The molecule has 0 saturated heterocycles. The zero-order valence-electron chi connectivity index (χ0n) is 5.65. The van der Waals surface area contributed by atoms with E-state index in [1.165, 1.54) is 0 Å². The Bertz CT molecular complexity index is 176. The molecule has 0 rings (SSSR count). The predicted molar refractivity (Wildman–Crippen MR) is 33.6 cm³/mol. The number of aliphatic hydroxyl groups is 1. The van der Waals surface area contributed by atoms with Gasteiger partial charge >= 0.3 is 11.9 Å². The summed E-state index contributed by atoms with van der Waals surface area (Å²) in [5.74, 6) is -2.83. The SMILES string of the molecule is NC(O)(CCC(=O)O)C(=O)O. The van der Waals surface area contributed by atoms with Crippen LogP contribution in [0.3, 0.4) is 0 Å². The Labute approximate surface area is 62.2 Å². The van der Waals surface area contributed by atoms with Crippen molar-refractivity contribution in [2.75, 3.05) is 0 Å². The Morgan fingerprint density at radius 3 is 2.09 bits per heavy atom. The molecule has 5 N–H and O–H groups in total. The zero-order valence-corrected chi connectivity index (χ0v) is 5.65. The third-order valence-electron chi connectivity index (χ3n) is 1.09. The van der Waals surface area contributed by atoms with Crippen LogP contribution in [0.4, 0.5) is 0 Å². The lowest BCUT2D eigenvalue weighted by molar-refractivity contribution is -0.159. The van der Waals surface area contributed by atoms with Gasteiger partial charge in [0.05, 0.1) is 0 Å². The van der Waals surface area contributed by atoms with Gasteiger partial charge in [-0.25, -0.2) is 4.79 Å². The Morgan fingerprint density at radius 1 is 1.36 bits per heavy atom. The molecule has 0 aromatic rings. The van der Waals surface area contributed by atoms with E-state index in [2.05, 4.69) is 0 Å². The van der Waals surface area contributed by atoms with Gasteiger partial charge in [-0.1, -0.05) is 0 Å². The molecule has 0 amide bonds. The van der Waals surface area contributed by atoms with Crippen molar-refractivity contribution in [1.82, 2.24) is 0 Å². The van der Waals surface area contributed by atoms with E-state index in [1.807, 2.05) is 0 Å². The molecule has 0 aliphatic rings. The minimum atomic E-state index is -2.43. The smallest absolute Gasteiger partial charge is 0.351 e. The maximum absolute atomic E-state index is 10.1. The van der Waals surface area contributed by atoms with Crippen molar-refractivity contribution in [2.24, 2.45) is 5.73 Å². The third kappa shape index (κ3) is 3.54. The molecule has 64 valence electrons. The van der Waals surface area contributed by atoms with Crippen molar-refractivity contribution >= 4 is 11.9 Å². The second-order valence-corrected chi connectivity index (χ2v) is 2.12. The van der Waals surface area contributed by atoms with Crippen LogP contribution in [0.15, 0.2) is 0 Å². The molecular formula is C5H9NO5. The minimum absolute atomic E-state index is 0.473. The first-order chi connectivity index (χ1) is 4.86. The molecule has 0 aliphatic carbocycles. The van der Waals surface area contributed by atoms with Gasteiger partial charge in [-0.15, -0.1) is 0 Å². The normalized spacial score (nSPS) is 15.5. The highest BCUT2D eigenvalue weighted by molar-refractivity contribution is 5.77. The molecule has 0 aliphatic heterocycles. The maximum atomic E-state index is 10.1. The third-order valence-corrected chi connectivity index (χ3v) is 1.09. The van der Waals surface area contributed by atoms with Gasteiger partial charge in [0.15, 0.2) is 0 Å². The van der Waals surface area contributed by atoms with Crippen LogP contribution in [-0.4, -0.2) is 33.0 Å². The number of aliphatic carboxylic acids is 2. The molecule has 0 spiro atoms. The van der Waals surface area contributed by atoms with E-state index < -0.39 is 30.5 Å². The Hall–Kier alpha value is -1.14. The van der Waals surface area contributed by atoms with Crippen LogP contribution in [0.2, 0.25) is 0 Å². The molecule has 6 heteroatoms. The molecule has 0 saturated carbocycles. The molecule has 6 nitrogen and oxygen atoms in total. The van der Waals surface area contributed by atoms with Crippen molar-refractivity contribution in [3.05, 3.63) is 0 Å². The van der Waals surface area contributed by atoms with E-state index in [1.54, 1.807) is 0 Å². The lowest BCUT2D eigenvalue weighted by Crippen LogP contribution is -2.48. The van der Waals surface area contributed by atoms with Crippen molar-refractivity contribution in [1.29, 1.82) is 0 Å². The summed E-state index contributed by atoms with van der Waals surface area (Å²) in [6, 6.07) is 0. The van der Waals surface area contributed by atoms with E-state index in [4.69, 9.17) is 21.1 Å². The van der Waals surface area contributed by atoms with Gasteiger partial charge in [0.25, 0.3) is 0 Å². The van der Waals surface area contributed by atoms with Crippen molar-refractivity contribution in [3.63, 3.8) is 0 Å². The molecule has 11 heavy (non-hydrogen) atoms. The lowest BCUT2D eigenvalue weighted by Gasteiger charge is -2.15. The number of carbonyl (C=O) groups is 2. The molecule has 0 heterocycles. The Kier molecular flexibility index (Phi) is 2.97. The number of nitrogens with two attached hydrogens (primary N) is 1. The minimum Gasteiger partial charge on any atom is -0.481 e. The number of hydrogen-bond acceptors (Lipinski definition) is 4. The first-order valence-electron chi connectivity index (χ1n) is 2.82. The zero-order chi connectivity index (χ0) is 9.07. The van der Waals surface area contributed by atoms with Crippen LogP contribution in [0.25, 0.3) is 0 Å². The van der Waals surface area contributed by atoms with Crippen LogP contribution in [-0.2, 0) is 9.59 Å². The lowest BCUT2D eigenvalue weighted by atomic mass is 10.1. The summed E-state index contributed by atoms with van der Waals surface area (Å²) >= 11 is 0. The standard InChI is InChI=1S/C5H9NO5/c6-5(11,4(9)10)2-1-3(7)8/h11H,1-2,6H2,(H,7,8)(H,9,10). The maximum Gasteiger partial charge on any atom is 0.351 e. The van der Waals surface area contributed by atoms with Crippen molar-refractivity contribution in [3.8, 4) is 0 Å². The molecule has 1 unspecified atom stereocenters. The summed E-state index contributed by atoms with van der Waals surface area (Å²) in [5, 5.41) is 25.0. The van der Waals surface area contributed by atoms with Gasteiger partial charge in [0.2, 0.25) is 5.72 Å². The van der Waals surface area contributed by atoms with E-state index >= 15 is 0 Å². The number of hydrogen-bond donors (Lipinski definition) is 4. The number of carboxylic acids is 2. The second-order valence-electron chi connectivity index (χ2n) is 2.12. The van der Waals surface area contributed by atoms with Gasteiger partial charge in [0.1, 0.15) is 0 Å². The summed E-state index contributed by atoms with van der Waals surface area (Å²) in [6.45, 7) is 0. The van der Waals surface area contributed by atoms with Crippen molar-refractivity contribution in [2.45, 2.75) is 18.6 Å². The van der Waals surface area contributed by atoms with Gasteiger partial charge in [-0.3, -0.25) is 10.5 Å². The second kappa shape index (κ2) is 3.31. The van der Waals surface area contributed by atoms with Gasteiger partial charge in [0, 0.05) is 12.8 Å². The van der Waals surface area contributed by atoms with E-state index in [-0.39, 0.29) is 0 Å². The number of rotatable bonds is 4. The van der Waals surface area contributed by atoms with Crippen LogP contribution in [0.1, 0.15) is 12.8 Å². The van der Waals surface area contributed by atoms with Crippen LogP contribution in [0.5, 0.6) is 0 Å². The molecule has 0 fully saturated rings. The van der Waals surface area contributed by atoms with Gasteiger partial charge in [-0.05, 0) is 0 Å². The van der Waals surface area contributed by atoms with Crippen molar-refractivity contribution < 1.29 is 24.9 Å². The van der Waals surface area contributed by atoms with E-state index in [9.17, 15) is 9.59 Å². The fraction of sp³-hybridized carbons (Fsp3) is 0.600. The highest BCUT2D eigenvalue weighted by Crippen LogP contribution is 2.05. The molecule has 1 atom stereocenters. The van der Waals surface area contributed by atoms with Gasteiger partial charge < -0.3 is 15.3 Å². The average molecular weight is 163 g/mol. The summed E-state index contributed by atoms with van der Waals surface area (Å²) < 4.78 is 0. The largest absolute Gasteiger partial charge is 0.481 e. The first-order valence-corrected chi connectivity index (χ1v) is 2.82. The highest BCUT2D eigenvalue weighted by atomic mass is 16.4. The highest BCUT2D eigenvalue weighted by Gasteiger charge is 2.30. The summed E-state index contributed by atoms with van der Waals surface area (Å²) in [4.78, 5) is 20.0. The Balaban J connectivity index is 3.92.